The van der Waals surface area contributed by atoms with Crippen molar-refractivity contribution in [3.63, 3.8) is 0 Å². The third-order valence-electron chi connectivity index (χ3n) is 3.17. The second kappa shape index (κ2) is 9.44. The number of hydrogen-bond donors (Lipinski definition) is 3. The van der Waals surface area contributed by atoms with E-state index in [1.54, 1.807) is 36.4 Å². The first-order valence-corrected chi connectivity index (χ1v) is 10.7. The zero-order valence-corrected chi connectivity index (χ0v) is 17.0. The summed E-state index contributed by atoms with van der Waals surface area (Å²) in [6.07, 6.45) is 0. The van der Waals surface area contributed by atoms with E-state index < -0.39 is 0 Å². The minimum absolute atomic E-state index is 0.137. The molecule has 11 heteroatoms. The molecule has 0 fully saturated rings. The van der Waals surface area contributed by atoms with Gasteiger partial charge in [0.25, 0.3) is 5.91 Å². The molecule has 0 aliphatic carbocycles. The molecule has 3 rings (SSSR count). The summed E-state index contributed by atoms with van der Waals surface area (Å²) in [5, 5.41) is 18.2. The molecule has 0 unspecified atom stereocenters. The Morgan fingerprint density at radius 3 is 2.54 bits per heavy atom. The van der Waals surface area contributed by atoms with Crippen LogP contribution in [0.5, 0.6) is 0 Å². The molecule has 0 atom stereocenters. The van der Waals surface area contributed by atoms with Crippen LogP contribution >= 0.6 is 34.4 Å². The Labute approximate surface area is 172 Å². The van der Waals surface area contributed by atoms with Crippen LogP contribution < -0.4 is 16.0 Å². The Hall–Kier alpha value is -2.76. The summed E-state index contributed by atoms with van der Waals surface area (Å²) in [5.74, 6) is -0.501. The number of anilines is 3. The Bertz CT molecular complexity index is 988. The molecule has 0 aliphatic rings. The van der Waals surface area contributed by atoms with Crippen molar-refractivity contribution in [3.05, 3.63) is 46.7 Å². The van der Waals surface area contributed by atoms with Gasteiger partial charge in [0, 0.05) is 18.3 Å². The lowest BCUT2D eigenvalue weighted by Crippen LogP contribution is -2.14. The van der Waals surface area contributed by atoms with Gasteiger partial charge in [-0.25, -0.2) is 0 Å². The minimum atomic E-state index is -0.237. The summed E-state index contributed by atoms with van der Waals surface area (Å²) >= 11 is 3.76. The van der Waals surface area contributed by atoms with Crippen LogP contribution in [0.2, 0.25) is 0 Å². The molecular formula is C17H15N5O3S3. The van der Waals surface area contributed by atoms with Gasteiger partial charge in [-0.1, -0.05) is 35.2 Å². The highest BCUT2D eigenvalue weighted by atomic mass is 32.2. The van der Waals surface area contributed by atoms with Crippen LogP contribution in [0.4, 0.5) is 16.5 Å². The Kier molecular flexibility index (Phi) is 6.74. The van der Waals surface area contributed by atoms with E-state index in [-0.39, 0.29) is 23.5 Å². The standard InChI is InChI=1S/C17H15N5O3S3/c1-10(23)18-11-4-2-5-12(8-11)19-14(24)9-27-17-22-21-16(28-17)20-15(25)13-6-3-7-26-13/h2-8H,9H2,1H3,(H,18,23)(H,19,24)(H,20,21,25). The summed E-state index contributed by atoms with van der Waals surface area (Å²) in [5.41, 5.74) is 1.19. The first kappa shape index (κ1) is 20.0. The molecular weight excluding hydrogens is 418 g/mol. The summed E-state index contributed by atoms with van der Waals surface area (Å²) < 4.78 is 0.573. The number of hydrogen-bond acceptors (Lipinski definition) is 8. The maximum Gasteiger partial charge on any atom is 0.267 e. The van der Waals surface area contributed by atoms with Gasteiger partial charge in [0.15, 0.2) is 4.34 Å². The molecule has 2 aromatic heterocycles. The van der Waals surface area contributed by atoms with Crippen LogP contribution in [0.1, 0.15) is 16.6 Å². The van der Waals surface area contributed by atoms with E-state index in [1.165, 1.54) is 41.4 Å². The SMILES string of the molecule is CC(=O)Nc1cccc(NC(=O)CSc2nnc(NC(=O)c3cccs3)s2)c1. The number of carbonyl (C=O) groups excluding carboxylic acids is 3. The van der Waals surface area contributed by atoms with Gasteiger partial charge in [0.05, 0.1) is 10.6 Å². The Balaban J connectivity index is 1.49. The number of thioether (sulfide) groups is 1. The molecule has 28 heavy (non-hydrogen) atoms. The molecule has 0 saturated heterocycles. The van der Waals surface area contributed by atoms with Gasteiger partial charge in [-0.2, -0.15) is 0 Å². The number of carbonyl (C=O) groups is 3. The summed E-state index contributed by atoms with van der Waals surface area (Å²) in [7, 11) is 0. The number of benzene rings is 1. The number of rotatable bonds is 7. The molecule has 8 nitrogen and oxygen atoms in total. The highest BCUT2D eigenvalue weighted by Gasteiger charge is 2.12. The summed E-state index contributed by atoms with van der Waals surface area (Å²) in [6.45, 7) is 1.42. The lowest BCUT2D eigenvalue weighted by Gasteiger charge is -2.07. The first-order chi connectivity index (χ1) is 13.5. The number of nitrogens with one attached hydrogen (secondary N) is 3. The van der Waals surface area contributed by atoms with E-state index in [9.17, 15) is 14.4 Å². The van der Waals surface area contributed by atoms with Crippen molar-refractivity contribution in [2.45, 2.75) is 11.3 Å². The predicted octanol–water partition coefficient (Wildman–Crippen LogP) is 3.54. The molecule has 2 heterocycles. The van der Waals surface area contributed by atoms with Crippen molar-refractivity contribution < 1.29 is 14.4 Å². The van der Waals surface area contributed by atoms with Crippen LogP contribution in [0.25, 0.3) is 0 Å². The monoisotopic (exact) mass is 433 g/mol. The van der Waals surface area contributed by atoms with Gasteiger partial charge < -0.3 is 10.6 Å². The summed E-state index contributed by atoms with van der Waals surface area (Å²) in [4.78, 5) is 35.8. The molecule has 3 aromatic rings. The molecule has 3 amide bonds. The highest BCUT2D eigenvalue weighted by molar-refractivity contribution is 8.01. The lowest BCUT2D eigenvalue weighted by atomic mass is 10.2. The van der Waals surface area contributed by atoms with E-state index in [2.05, 4.69) is 26.1 Å². The van der Waals surface area contributed by atoms with E-state index in [4.69, 9.17) is 0 Å². The molecule has 0 bridgehead atoms. The van der Waals surface area contributed by atoms with E-state index in [1.807, 2.05) is 5.38 Å². The molecule has 0 spiro atoms. The first-order valence-electron chi connectivity index (χ1n) is 7.98. The quantitative estimate of drug-likeness (QED) is 0.388. The third kappa shape index (κ3) is 5.87. The number of amides is 3. The van der Waals surface area contributed by atoms with Crippen LogP contribution in [0.3, 0.4) is 0 Å². The van der Waals surface area contributed by atoms with Crippen molar-refractivity contribution >= 4 is 68.7 Å². The Morgan fingerprint density at radius 1 is 1.04 bits per heavy atom. The van der Waals surface area contributed by atoms with E-state index in [0.29, 0.717) is 25.7 Å². The van der Waals surface area contributed by atoms with Gasteiger partial charge in [-0.3, -0.25) is 19.7 Å². The highest BCUT2D eigenvalue weighted by Crippen LogP contribution is 2.26. The van der Waals surface area contributed by atoms with Gasteiger partial charge in [0.2, 0.25) is 16.9 Å². The smallest absolute Gasteiger partial charge is 0.267 e. The normalized spacial score (nSPS) is 10.3. The molecule has 0 saturated carbocycles. The fourth-order valence-electron chi connectivity index (χ4n) is 2.09. The van der Waals surface area contributed by atoms with Gasteiger partial charge in [-0.05, 0) is 29.6 Å². The molecule has 1 aromatic carbocycles. The second-order valence-electron chi connectivity index (χ2n) is 5.40. The second-order valence-corrected chi connectivity index (χ2v) is 8.55. The lowest BCUT2D eigenvalue weighted by molar-refractivity contribution is -0.114. The topological polar surface area (TPSA) is 113 Å². The minimum Gasteiger partial charge on any atom is -0.326 e. The third-order valence-corrected chi connectivity index (χ3v) is 6.01. The predicted molar refractivity (Wildman–Crippen MR) is 112 cm³/mol. The maximum atomic E-state index is 12.1. The van der Waals surface area contributed by atoms with E-state index >= 15 is 0 Å². The van der Waals surface area contributed by atoms with Crippen LogP contribution in [-0.2, 0) is 9.59 Å². The van der Waals surface area contributed by atoms with Gasteiger partial charge >= 0.3 is 0 Å². The number of thiophene rings is 1. The van der Waals surface area contributed by atoms with Crippen molar-refractivity contribution in [3.8, 4) is 0 Å². The molecule has 0 aliphatic heterocycles. The average Bonchev–Trinajstić information content (AvgIpc) is 3.32. The largest absolute Gasteiger partial charge is 0.326 e. The van der Waals surface area contributed by atoms with Gasteiger partial charge in [0.1, 0.15) is 0 Å². The van der Waals surface area contributed by atoms with Crippen molar-refractivity contribution in [1.82, 2.24) is 10.2 Å². The van der Waals surface area contributed by atoms with Crippen molar-refractivity contribution in [2.24, 2.45) is 0 Å². The van der Waals surface area contributed by atoms with Crippen LogP contribution in [-0.4, -0.2) is 33.7 Å². The maximum absolute atomic E-state index is 12.1. The summed E-state index contributed by atoms with van der Waals surface area (Å²) in [6, 6.07) is 10.4. The van der Waals surface area contributed by atoms with E-state index in [0.717, 1.165) is 0 Å². The fraction of sp³-hybridized carbons (Fsp3) is 0.118. The number of nitrogens with zero attached hydrogens (tertiary/aromatic N) is 2. The fourth-order valence-corrected chi connectivity index (χ4v) is 4.25. The van der Waals surface area contributed by atoms with Gasteiger partial charge in [-0.15, -0.1) is 21.5 Å². The molecule has 0 radical (unpaired) electrons. The zero-order valence-electron chi connectivity index (χ0n) is 14.6. The molecule has 144 valence electrons. The van der Waals surface area contributed by atoms with Crippen molar-refractivity contribution in [2.75, 3.05) is 21.7 Å². The van der Waals surface area contributed by atoms with Crippen LogP contribution in [0, 0.1) is 0 Å². The van der Waals surface area contributed by atoms with Crippen LogP contribution in [0.15, 0.2) is 46.1 Å². The Morgan fingerprint density at radius 2 is 1.82 bits per heavy atom. The molecule has 3 N–H and O–H groups in total. The van der Waals surface area contributed by atoms with Crippen molar-refractivity contribution in [1.29, 1.82) is 0 Å². The average molecular weight is 434 g/mol. The number of aromatic nitrogens is 2. The zero-order chi connectivity index (χ0) is 19.9.